The van der Waals surface area contributed by atoms with E-state index in [1.807, 2.05) is 5.48 Å². The van der Waals surface area contributed by atoms with Crippen LogP contribution in [0.1, 0.15) is 6.23 Å². The van der Waals surface area contributed by atoms with Gasteiger partial charge in [0.2, 0.25) is 6.29 Å². The SMILES string of the molecule is O=c1nc(NO[C@H]2O[C@H](C(F)F)[C@@H](O)[C@H](O)[C@H]2O)ccn1[C@@H]1O[C@H](COP(=O)(O)OP(=O)(O)O)[C@@H](O)[C@H]1O. The maximum atomic E-state index is 13.0. The van der Waals surface area contributed by atoms with E-state index in [1.54, 1.807) is 0 Å². The highest BCUT2D eigenvalue weighted by atomic mass is 31.3. The predicted molar refractivity (Wildman–Crippen MR) is 111 cm³/mol. The lowest BCUT2D eigenvalue weighted by molar-refractivity contribution is -0.307. The van der Waals surface area contributed by atoms with Gasteiger partial charge in [-0.15, -0.1) is 0 Å². The molecule has 2 aliphatic heterocycles. The molecule has 3 heterocycles. The fourth-order valence-electron chi connectivity index (χ4n) is 3.38. The minimum Gasteiger partial charge on any atom is -0.387 e. The number of nitrogens with zero attached hydrogens (tertiary/aromatic N) is 2. The van der Waals surface area contributed by atoms with Crippen molar-refractivity contribution in [3.8, 4) is 0 Å². The Morgan fingerprint density at radius 1 is 1.03 bits per heavy atom. The van der Waals surface area contributed by atoms with Crippen molar-refractivity contribution in [2.75, 3.05) is 12.1 Å². The average Bonchev–Trinajstić information content (AvgIpc) is 3.07. The predicted octanol–water partition coefficient (Wildman–Crippen LogP) is -3.49. The smallest absolute Gasteiger partial charge is 0.387 e. The Morgan fingerprint density at radius 3 is 2.26 bits per heavy atom. The summed E-state index contributed by atoms with van der Waals surface area (Å²) >= 11 is 0. The number of rotatable bonds is 10. The molecule has 10 atom stereocenters. The van der Waals surface area contributed by atoms with Gasteiger partial charge < -0.3 is 49.7 Å². The van der Waals surface area contributed by atoms with Gasteiger partial charge in [-0.1, -0.05) is 0 Å². The summed E-state index contributed by atoms with van der Waals surface area (Å²) in [6, 6.07) is 1.02. The molecule has 0 radical (unpaired) electrons. The van der Waals surface area contributed by atoms with Crippen molar-refractivity contribution in [3.63, 3.8) is 0 Å². The lowest BCUT2D eigenvalue weighted by Gasteiger charge is -2.39. The van der Waals surface area contributed by atoms with E-state index in [0.717, 1.165) is 12.3 Å². The van der Waals surface area contributed by atoms with Crippen molar-refractivity contribution in [3.05, 3.63) is 22.7 Å². The first-order chi connectivity index (χ1) is 17.5. The Hall–Kier alpha value is -1.52. The number of hydrogen-bond donors (Lipinski definition) is 9. The molecule has 0 amide bonds. The van der Waals surface area contributed by atoms with Crippen molar-refractivity contribution >= 4 is 21.5 Å². The van der Waals surface area contributed by atoms with Crippen LogP contribution < -0.4 is 11.2 Å². The third-order valence-electron chi connectivity index (χ3n) is 5.19. The quantitative estimate of drug-likeness (QED) is 0.0928. The van der Waals surface area contributed by atoms with Crippen LogP contribution in [-0.4, -0.2) is 112 Å². The van der Waals surface area contributed by atoms with Gasteiger partial charge in [0, 0.05) is 6.20 Å². The van der Waals surface area contributed by atoms with Crippen LogP contribution in [0.15, 0.2) is 17.1 Å². The van der Waals surface area contributed by atoms with Crippen molar-refractivity contribution in [1.82, 2.24) is 9.55 Å². The number of aliphatic hydroxyl groups is 5. The fraction of sp³-hybridized carbons (Fsp3) is 0.733. The van der Waals surface area contributed by atoms with E-state index in [0.29, 0.717) is 4.57 Å². The summed E-state index contributed by atoms with van der Waals surface area (Å²) in [4.78, 5) is 47.3. The first-order valence-electron chi connectivity index (χ1n) is 10.2. The Labute approximate surface area is 209 Å². The largest absolute Gasteiger partial charge is 0.481 e. The summed E-state index contributed by atoms with van der Waals surface area (Å²) in [7, 11) is -10.7. The lowest BCUT2D eigenvalue weighted by Crippen LogP contribution is -2.60. The molecule has 0 saturated carbocycles. The van der Waals surface area contributed by atoms with Crippen LogP contribution in [0, 0.1) is 0 Å². The van der Waals surface area contributed by atoms with Gasteiger partial charge in [0.1, 0.15) is 42.7 Å². The third kappa shape index (κ3) is 7.36. The molecule has 19 nitrogen and oxygen atoms in total. The standard InChI is InChI=1S/C15H23F2N3O16P2/c16-12(17)11-8(23)7(22)10(25)14(34-11)35-19-5-1-2-20(15(26)18-5)13-9(24)6(21)4(33-13)3-32-38(30,31)36-37(27,28)29/h1-2,4,6-14,21-25H,3H2,(H,30,31)(H,18,19,26)(H2,27,28,29)/t4-,6-,7+,8+,9-,10-,11+,13-,14-/m1/s1. The number of hydrogen-bond acceptors (Lipinski definition) is 15. The van der Waals surface area contributed by atoms with Gasteiger partial charge in [-0.25, -0.2) is 33.0 Å². The molecule has 2 aliphatic rings. The average molecular weight is 601 g/mol. The molecule has 0 bridgehead atoms. The van der Waals surface area contributed by atoms with E-state index in [9.17, 15) is 53.1 Å². The molecule has 9 N–H and O–H groups in total. The molecule has 2 fully saturated rings. The molecular weight excluding hydrogens is 578 g/mol. The molecule has 1 unspecified atom stereocenters. The summed E-state index contributed by atoms with van der Waals surface area (Å²) in [6.07, 6.45) is -19.4. The zero-order valence-corrected chi connectivity index (χ0v) is 20.3. The highest BCUT2D eigenvalue weighted by molar-refractivity contribution is 7.60. The molecule has 3 rings (SSSR count). The van der Waals surface area contributed by atoms with Crippen molar-refractivity contribution < 1.29 is 81.3 Å². The molecular formula is C15H23F2N3O16P2. The monoisotopic (exact) mass is 601 g/mol. The van der Waals surface area contributed by atoms with Crippen LogP contribution in [-0.2, 0) is 32.3 Å². The summed E-state index contributed by atoms with van der Waals surface area (Å²) in [5.74, 6) is -0.389. The zero-order valence-electron chi connectivity index (χ0n) is 18.5. The number of phosphoric ester groups is 1. The topological polar surface area (TPSA) is 289 Å². The number of aromatic nitrogens is 2. The van der Waals surface area contributed by atoms with E-state index in [1.165, 1.54) is 0 Å². The number of alkyl halides is 2. The summed E-state index contributed by atoms with van der Waals surface area (Å²) in [6.45, 7) is -1.01. The highest BCUT2D eigenvalue weighted by Crippen LogP contribution is 2.57. The van der Waals surface area contributed by atoms with Gasteiger partial charge in [-0.2, -0.15) is 9.29 Å². The molecule has 38 heavy (non-hydrogen) atoms. The fourth-order valence-corrected chi connectivity index (χ4v) is 4.98. The zero-order chi connectivity index (χ0) is 28.6. The third-order valence-corrected chi connectivity index (χ3v) is 7.34. The number of anilines is 1. The number of halogens is 2. The second-order valence-corrected chi connectivity index (χ2v) is 10.7. The second kappa shape index (κ2) is 11.9. The molecule has 1 aromatic rings. The van der Waals surface area contributed by atoms with Crippen LogP contribution in [0.3, 0.4) is 0 Å². The molecule has 0 aromatic carbocycles. The highest BCUT2D eigenvalue weighted by Gasteiger charge is 2.49. The molecule has 0 aliphatic carbocycles. The number of ether oxygens (including phenoxy) is 2. The minimum absolute atomic E-state index is 0.389. The van der Waals surface area contributed by atoms with Crippen LogP contribution in [0.2, 0.25) is 0 Å². The Balaban J connectivity index is 1.63. The Morgan fingerprint density at radius 2 is 1.68 bits per heavy atom. The van der Waals surface area contributed by atoms with E-state index in [2.05, 4.69) is 13.8 Å². The van der Waals surface area contributed by atoms with E-state index >= 15 is 0 Å². The van der Waals surface area contributed by atoms with Crippen LogP contribution in [0.4, 0.5) is 14.6 Å². The van der Waals surface area contributed by atoms with E-state index in [4.69, 9.17) is 24.1 Å². The van der Waals surface area contributed by atoms with Crippen LogP contribution in [0.5, 0.6) is 0 Å². The van der Waals surface area contributed by atoms with Crippen molar-refractivity contribution in [1.29, 1.82) is 0 Å². The minimum atomic E-state index is -5.42. The lowest BCUT2D eigenvalue weighted by atomic mass is 9.99. The molecule has 23 heteroatoms. The van der Waals surface area contributed by atoms with Gasteiger partial charge in [-0.3, -0.25) is 9.09 Å². The second-order valence-electron chi connectivity index (χ2n) is 7.88. The van der Waals surface area contributed by atoms with Gasteiger partial charge in [0.15, 0.2) is 12.0 Å². The molecule has 0 spiro atoms. The molecule has 218 valence electrons. The Bertz CT molecular complexity index is 1120. The van der Waals surface area contributed by atoms with Gasteiger partial charge in [-0.05, 0) is 6.07 Å². The van der Waals surface area contributed by atoms with Gasteiger partial charge in [0.05, 0.1) is 6.61 Å². The first kappa shape index (κ1) is 31.0. The maximum Gasteiger partial charge on any atom is 0.481 e. The van der Waals surface area contributed by atoms with Crippen LogP contribution >= 0.6 is 15.6 Å². The van der Waals surface area contributed by atoms with Crippen molar-refractivity contribution in [2.24, 2.45) is 0 Å². The summed E-state index contributed by atoms with van der Waals surface area (Å²) in [5, 5.41) is 49.4. The number of nitrogens with one attached hydrogen (secondary N) is 1. The first-order valence-corrected chi connectivity index (χ1v) is 13.3. The van der Waals surface area contributed by atoms with E-state index < -0.39 is 89.6 Å². The molecule has 2 saturated heterocycles. The summed E-state index contributed by atoms with van der Waals surface area (Å²) < 4.78 is 66.7. The van der Waals surface area contributed by atoms with Crippen molar-refractivity contribution in [2.45, 2.75) is 61.7 Å². The maximum absolute atomic E-state index is 13.0. The normalized spacial score (nSPS) is 35.8. The number of aliphatic hydroxyl groups excluding tert-OH is 5. The van der Waals surface area contributed by atoms with Crippen LogP contribution in [0.25, 0.3) is 0 Å². The summed E-state index contributed by atoms with van der Waals surface area (Å²) in [5.41, 5.74) is 0.874. The number of phosphoric acid groups is 2. The van der Waals surface area contributed by atoms with Gasteiger partial charge in [0.25, 0.3) is 6.43 Å². The van der Waals surface area contributed by atoms with Gasteiger partial charge >= 0.3 is 21.3 Å². The molecule has 1 aromatic heterocycles. The van der Waals surface area contributed by atoms with E-state index in [-0.39, 0.29) is 5.82 Å². The Kier molecular flexibility index (Phi) is 9.73.